The molecule has 0 amide bonds. The van der Waals surface area contributed by atoms with Gasteiger partial charge < -0.3 is 0 Å². The molecule has 2 nitrogen and oxygen atoms in total. The van der Waals surface area contributed by atoms with Crippen molar-refractivity contribution in [3.8, 4) is 0 Å². The van der Waals surface area contributed by atoms with Gasteiger partial charge in [0.15, 0.2) is 0 Å². The Morgan fingerprint density at radius 1 is 0.333 bits per heavy atom. The van der Waals surface area contributed by atoms with E-state index in [0.29, 0.717) is 19.3 Å². The van der Waals surface area contributed by atoms with Gasteiger partial charge in [0.25, 0.3) is 0 Å². The van der Waals surface area contributed by atoms with Crippen molar-refractivity contribution in [3.05, 3.63) is 243 Å². The zero-order chi connectivity index (χ0) is 50.7. The summed E-state index contributed by atoms with van der Waals surface area (Å²) < 4.78 is -0.0212. The number of rotatable bonds is 18. The molecule has 0 saturated carbocycles. The molecule has 7 heteroatoms. The van der Waals surface area contributed by atoms with Gasteiger partial charge in [0, 0.05) is 0 Å². The Morgan fingerprint density at radius 3 is 0.760 bits per heavy atom. The third kappa shape index (κ3) is 1.79. The summed E-state index contributed by atoms with van der Waals surface area (Å²) in [5, 5.41) is 36.6. The predicted molar refractivity (Wildman–Crippen MR) is 319 cm³/mol. The van der Waals surface area contributed by atoms with E-state index in [-0.39, 0.29) is 48.9 Å². The number of hydrogen-bond donors (Lipinski definition) is 2. The van der Waals surface area contributed by atoms with Crippen LogP contribution >= 0.6 is 31.7 Å². The molecule has 0 radical (unpaired) electrons. The van der Waals surface area contributed by atoms with Crippen LogP contribution in [0.1, 0.15) is 40.5 Å². The van der Waals surface area contributed by atoms with Crippen molar-refractivity contribution in [3.63, 3.8) is 0 Å². The molecule has 1 spiro atoms. The zero-order valence-electron chi connectivity index (χ0n) is 43.3. The summed E-state index contributed by atoms with van der Waals surface area (Å²) in [4.78, 5) is 2.69. The standard InChI is InChI=1S/C58H51OP4.C10H15O.Fe/c1-58(2,43-44-59)53-54(60(45-27-11-3-12-28-45)46-29-13-4-14-30-46)56(62(49-35-19-7-20-36-49)50-37-21-8-22-38-50)57(63(51-39-23-9-24-40-51)52-41-25-10-26-42-52)55(53)61(47-31-15-5-16-32-47)48-33-17-6-18-34-48;1-10(2,7-8-11)9-5-3-4-6-9;/h3-42,59H,43-44H2,1-2H3;3-6,11H,7-8H2,1-2H3;. The molecular formula is C68H66FeO2P4. The second-order valence-electron chi connectivity index (χ2n) is 26.7. The molecular weight excluding hydrogens is 1030 g/mol. The molecule has 8 unspecified atom stereocenters. The third-order valence-electron chi connectivity index (χ3n) is 28.0. The quantitative estimate of drug-likeness (QED) is 0.0664. The van der Waals surface area contributed by atoms with Gasteiger partial charge in [-0.3, -0.25) is 0 Å². The van der Waals surface area contributed by atoms with Crippen LogP contribution in [0.25, 0.3) is 0 Å². The summed E-state index contributed by atoms with van der Waals surface area (Å²) in [6, 6.07) is 97.9. The summed E-state index contributed by atoms with van der Waals surface area (Å²) >= 11 is 0. The second-order valence-corrected chi connectivity index (χ2v) is 59.7. The van der Waals surface area contributed by atoms with Crippen LogP contribution in [0.3, 0.4) is 0 Å². The first-order valence-electron chi connectivity index (χ1n) is 27.5. The van der Waals surface area contributed by atoms with Gasteiger partial charge in [-0.2, -0.15) is 0 Å². The van der Waals surface area contributed by atoms with Crippen molar-refractivity contribution in [2.24, 2.45) is 10.8 Å². The van der Waals surface area contributed by atoms with Crippen LogP contribution in [0.2, 0.25) is 27.9 Å². The maximum atomic E-state index is 12.2. The van der Waals surface area contributed by atoms with Gasteiger partial charge in [-0.1, -0.05) is 0 Å². The van der Waals surface area contributed by atoms with Crippen LogP contribution in [-0.4, -0.2) is 39.6 Å². The first kappa shape index (κ1) is 44.9. The van der Waals surface area contributed by atoms with Crippen molar-refractivity contribution in [2.75, 3.05) is 13.2 Å². The maximum absolute atomic E-state index is 12.2. The predicted octanol–water partition coefficient (Wildman–Crippen LogP) is 13.1. The van der Waals surface area contributed by atoms with Gasteiger partial charge in [0.05, 0.1) is 0 Å². The van der Waals surface area contributed by atoms with E-state index in [1.807, 2.05) is 0 Å². The van der Waals surface area contributed by atoms with E-state index in [2.05, 4.69) is 270 Å². The van der Waals surface area contributed by atoms with Gasteiger partial charge in [0.1, 0.15) is 0 Å². The minimum absolute atomic E-state index is 0.0184. The molecule has 10 heterocycles. The number of aliphatic hydroxyl groups excluding tert-OH is 2. The van der Waals surface area contributed by atoms with E-state index in [4.69, 9.17) is 0 Å². The van der Waals surface area contributed by atoms with Gasteiger partial charge >= 0.3 is 442 Å². The number of fused-ring (bicyclic) bond motifs is 10. The van der Waals surface area contributed by atoms with Crippen molar-refractivity contribution < 1.29 is 16.7 Å². The van der Waals surface area contributed by atoms with Crippen LogP contribution < -0.4 is 42.4 Å². The summed E-state index contributed by atoms with van der Waals surface area (Å²) in [6.07, 6.45) is 1.62. The molecule has 10 aliphatic rings. The molecule has 2 N–H and O–H groups in total. The normalized spacial score (nSPS) is 41.6. The van der Waals surface area contributed by atoms with Crippen LogP contribution in [0.15, 0.2) is 243 Å². The molecule has 8 atom stereocenters. The number of aliphatic hydroxyl groups is 2. The first-order chi connectivity index (χ1) is 36.5. The summed E-state index contributed by atoms with van der Waals surface area (Å²) in [5.41, 5.74) is -0.356. The zero-order valence-corrected chi connectivity index (χ0v) is 48.0. The fraction of sp³-hybridized carbons (Fsp3) is 0.294. The van der Waals surface area contributed by atoms with Gasteiger partial charge in [0.2, 0.25) is 0 Å². The molecule has 18 rings (SSSR count). The van der Waals surface area contributed by atoms with Crippen molar-refractivity contribution >= 4 is 74.1 Å². The minimum atomic E-state index is -6.51. The molecule has 10 saturated heterocycles. The SMILES string of the molecule is CC(C)(CCO)[C]12[CH]3[CH]4[CH]5[CH]1[Fe]45321678[C]2(P(c3ccccc3)c3ccccc3)[C]1(P(c1ccccc1)c1ccccc1)[C]6(P(c1ccccc1)c1ccccc1)[C]7(C(C)(C)CCO)[C]28P(c1ccccc1)c1ccccc1. The second kappa shape index (κ2) is 10.1. The van der Waals surface area contributed by atoms with E-state index < -0.39 is 38.2 Å². The van der Waals surface area contributed by atoms with Crippen LogP contribution in [0.4, 0.5) is 0 Å². The van der Waals surface area contributed by atoms with Gasteiger partial charge in [-0.15, -0.1) is 0 Å². The fourth-order valence-electron chi connectivity index (χ4n) is 31.4. The molecule has 8 aromatic rings. The van der Waals surface area contributed by atoms with Crippen molar-refractivity contribution in [1.82, 2.24) is 0 Å². The van der Waals surface area contributed by atoms with E-state index in [1.165, 1.54) is 0 Å². The van der Waals surface area contributed by atoms with E-state index in [1.54, 1.807) is 42.4 Å². The molecule has 10 fully saturated rings. The molecule has 8 aromatic carbocycles. The fourth-order valence-corrected chi connectivity index (χ4v) is 179. The Labute approximate surface area is 439 Å². The number of benzene rings is 8. The van der Waals surface area contributed by atoms with E-state index in [9.17, 15) is 10.2 Å². The molecule has 0 aromatic heterocycles. The molecule has 75 heavy (non-hydrogen) atoms. The third-order valence-corrected chi connectivity index (χ3v) is 101. The Balaban J connectivity index is 1.18. The van der Waals surface area contributed by atoms with Crippen LogP contribution in [-0.2, 0) is 6.51 Å². The van der Waals surface area contributed by atoms with Crippen LogP contribution in [0.5, 0.6) is 0 Å². The van der Waals surface area contributed by atoms with Gasteiger partial charge in [-0.05, 0) is 0 Å². The first-order valence-corrected chi connectivity index (χ1v) is 38.7. The molecule has 0 bridgehead atoms. The van der Waals surface area contributed by atoms with Crippen LogP contribution in [0, 0.1) is 10.8 Å². The molecule has 378 valence electrons. The molecule has 0 aliphatic carbocycles. The Morgan fingerprint density at radius 2 is 0.547 bits per heavy atom. The Bertz CT molecular complexity index is 3760. The number of hydrogen-bond acceptors (Lipinski definition) is 2. The Kier molecular flexibility index (Phi) is 6.07. The summed E-state index contributed by atoms with van der Waals surface area (Å²) in [6.45, 7) is 4.91. The monoisotopic (exact) mass is 1090 g/mol. The summed E-state index contributed by atoms with van der Waals surface area (Å²) in [5.74, 6) is 0. The topological polar surface area (TPSA) is 40.5 Å². The average molecular weight is 1100 g/mol. The Hall–Kier alpha value is -4.08. The van der Waals surface area contributed by atoms with Crippen molar-refractivity contribution in [1.29, 1.82) is 0 Å². The summed E-state index contributed by atoms with van der Waals surface area (Å²) in [7, 11) is -4.17. The van der Waals surface area contributed by atoms with E-state index >= 15 is 0 Å². The van der Waals surface area contributed by atoms with Crippen molar-refractivity contribution in [2.45, 2.75) is 84.6 Å². The average Bonchev–Trinajstić information content (AvgIpc) is 1.02. The van der Waals surface area contributed by atoms with Gasteiger partial charge in [-0.25, -0.2) is 0 Å². The molecule has 10 aliphatic heterocycles. The van der Waals surface area contributed by atoms with E-state index in [0.717, 1.165) is 12.8 Å².